The summed E-state index contributed by atoms with van der Waals surface area (Å²) in [5.41, 5.74) is 0.937. The van der Waals surface area contributed by atoms with Gasteiger partial charge in [0.2, 0.25) is 5.91 Å². The zero-order chi connectivity index (χ0) is 17.3. The van der Waals surface area contributed by atoms with Crippen molar-refractivity contribution in [2.24, 2.45) is 0 Å². The summed E-state index contributed by atoms with van der Waals surface area (Å²) >= 11 is 0. The molecule has 1 amide bonds. The van der Waals surface area contributed by atoms with Crippen molar-refractivity contribution in [3.63, 3.8) is 0 Å². The summed E-state index contributed by atoms with van der Waals surface area (Å²) in [6.45, 7) is 3.73. The van der Waals surface area contributed by atoms with Crippen LogP contribution in [0.3, 0.4) is 0 Å². The van der Waals surface area contributed by atoms with Gasteiger partial charge in [-0.25, -0.2) is 13.1 Å². The molecular weight excluding hydrogens is 330 g/mol. The molecule has 1 N–H and O–H groups in total. The van der Waals surface area contributed by atoms with Crippen LogP contribution in [0.2, 0.25) is 0 Å². The quantitative estimate of drug-likeness (QED) is 0.917. The zero-order valence-electron chi connectivity index (χ0n) is 13.5. The molecule has 128 valence electrons. The Labute approximate surface area is 140 Å². The number of ether oxygens (including phenoxy) is 1. The van der Waals surface area contributed by atoms with Crippen LogP contribution in [0, 0.1) is 13.8 Å². The van der Waals surface area contributed by atoms with Gasteiger partial charge in [0.25, 0.3) is 10.0 Å². The largest absolute Gasteiger partial charge is 0.493 e. The summed E-state index contributed by atoms with van der Waals surface area (Å²) in [7, 11) is -3.92. The predicted octanol–water partition coefficient (Wildman–Crippen LogP) is 2.66. The van der Waals surface area contributed by atoms with Crippen LogP contribution >= 0.6 is 0 Å². The molecule has 1 aliphatic rings. The van der Waals surface area contributed by atoms with Crippen molar-refractivity contribution in [1.29, 1.82) is 0 Å². The lowest BCUT2D eigenvalue weighted by molar-refractivity contribution is -0.119. The highest BCUT2D eigenvalue weighted by Gasteiger charge is 2.27. The van der Waals surface area contributed by atoms with E-state index in [9.17, 15) is 13.2 Å². The van der Waals surface area contributed by atoms with E-state index in [0.717, 1.165) is 11.3 Å². The zero-order valence-corrected chi connectivity index (χ0v) is 14.4. The highest BCUT2D eigenvalue weighted by Crippen LogP contribution is 2.35. The molecule has 3 rings (SSSR count). The van der Waals surface area contributed by atoms with Gasteiger partial charge in [-0.2, -0.15) is 0 Å². The maximum absolute atomic E-state index is 12.3. The molecular formula is C17H19NO5S. The summed E-state index contributed by atoms with van der Waals surface area (Å²) in [6, 6.07) is 8.93. The van der Waals surface area contributed by atoms with Gasteiger partial charge in [0.05, 0.1) is 6.61 Å². The number of nitrogens with one attached hydrogen (secondary N) is 1. The first-order chi connectivity index (χ1) is 11.4. The maximum atomic E-state index is 12.3. The molecule has 0 spiro atoms. The van der Waals surface area contributed by atoms with Crippen LogP contribution in [0.1, 0.15) is 35.8 Å². The molecule has 0 aliphatic carbocycles. The molecule has 1 aromatic carbocycles. The molecule has 1 atom stereocenters. The Balaban J connectivity index is 1.74. The normalized spacial score (nSPS) is 17.0. The summed E-state index contributed by atoms with van der Waals surface area (Å²) in [5, 5.41) is 0. The first-order valence-corrected chi connectivity index (χ1v) is 9.19. The van der Waals surface area contributed by atoms with Gasteiger partial charge >= 0.3 is 0 Å². The number of amides is 1. The number of hydrogen-bond donors (Lipinski definition) is 1. The van der Waals surface area contributed by atoms with Crippen LogP contribution in [-0.4, -0.2) is 20.9 Å². The van der Waals surface area contributed by atoms with Crippen LogP contribution in [-0.2, 0) is 14.8 Å². The topological polar surface area (TPSA) is 85.6 Å². The number of carbonyl (C=O) groups excluding carboxylic acids is 1. The second kappa shape index (κ2) is 6.32. The number of para-hydroxylation sites is 1. The van der Waals surface area contributed by atoms with E-state index in [-0.39, 0.29) is 23.0 Å². The van der Waals surface area contributed by atoms with E-state index in [2.05, 4.69) is 4.72 Å². The fourth-order valence-electron chi connectivity index (χ4n) is 2.97. The molecule has 2 aromatic rings. The van der Waals surface area contributed by atoms with Crippen LogP contribution in [0.25, 0.3) is 0 Å². The van der Waals surface area contributed by atoms with Crippen molar-refractivity contribution >= 4 is 15.9 Å². The number of benzene rings is 1. The molecule has 0 saturated carbocycles. The summed E-state index contributed by atoms with van der Waals surface area (Å²) in [6.07, 6.45) is 0.768. The minimum absolute atomic E-state index is 0.000674. The number of sulfonamides is 1. The molecule has 1 aromatic heterocycles. The average molecular weight is 349 g/mol. The lowest BCUT2D eigenvalue weighted by Gasteiger charge is -2.25. The average Bonchev–Trinajstić information content (AvgIpc) is 2.86. The number of carbonyl (C=O) groups is 1. The minimum atomic E-state index is -3.92. The third kappa shape index (κ3) is 3.31. The van der Waals surface area contributed by atoms with E-state index in [1.807, 2.05) is 24.3 Å². The van der Waals surface area contributed by atoms with Gasteiger partial charge < -0.3 is 9.15 Å². The Morgan fingerprint density at radius 2 is 2.04 bits per heavy atom. The lowest BCUT2D eigenvalue weighted by Crippen LogP contribution is -2.32. The van der Waals surface area contributed by atoms with Gasteiger partial charge in [0.1, 0.15) is 22.2 Å². The van der Waals surface area contributed by atoms with Crippen LogP contribution in [0.15, 0.2) is 39.6 Å². The van der Waals surface area contributed by atoms with Gasteiger partial charge in [-0.15, -0.1) is 0 Å². The number of aryl methyl sites for hydroxylation is 2. The van der Waals surface area contributed by atoms with Crippen molar-refractivity contribution in [2.75, 3.05) is 6.61 Å². The highest BCUT2D eigenvalue weighted by atomic mass is 32.2. The first kappa shape index (κ1) is 16.6. The summed E-state index contributed by atoms with van der Waals surface area (Å²) in [4.78, 5) is 12.3. The van der Waals surface area contributed by atoms with Crippen LogP contribution < -0.4 is 9.46 Å². The van der Waals surface area contributed by atoms with E-state index < -0.39 is 15.9 Å². The van der Waals surface area contributed by atoms with Crippen molar-refractivity contribution in [1.82, 2.24) is 4.72 Å². The molecule has 0 saturated heterocycles. The number of hydrogen-bond acceptors (Lipinski definition) is 5. The van der Waals surface area contributed by atoms with Gasteiger partial charge in [-0.3, -0.25) is 4.79 Å². The van der Waals surface area contributed by atoms with Gasteiger partial charge in [0, 0.05) is 12.5 Å². The molecule has 2 heterocycles. The number of furan rings is 1. The Morgan fingerprint density at radius 3 is 2.75 bits per heavy atom. The summed E-state index contributed by atoms with van der Waals surface area (Å²) < 4.78 is 37.6. The third-order valence-corrected chi connectivity index (χ3v) is 5.53. The van der Waals surface area contributed by atoms with Crippen LogP contribution in [0.4, 0.5) is 0 Å². The Kier molecular flexibility index (Phi) is 4.36. The van der Waals surface area contributed by atoms with E-state index in [0.29, 0.717) is 18.8 Å². The van der Waals surface area contributed by atoms with Crippen LogP contribution in [0.5, 0.6) is 5.75 Å². The third-order valence-electron chi connectivity index (χ3n) is 4.05. The van der Waals surface area contributed by atoms with Gasteiger partial charge in [-0.05, 0) is 37.8 Å². The highest BCUT2D eigenvalue weighted by molar-refractivity contribution is 7.90. The van der Waals surface area contributed by atoms with Crippen molar-refractivity contribution in [3.8, 4) is 5.75 Å². The molecule has 0 unspecified atom stereocenters. The van der Waals surface area contributed by atoms with Gasteiger partial charge in [-0.1, -0.05) is 18.2 Å². The smallest absolute Gasteiger partial charge is 0.267 e. The van der Waals surface area contributed by atoms with Crippen molar-refractivity contribution in [3.05, 3.63) is 47.4 Å². The molecule has 7 heteroatoms. The van der Waals surface area contributed by atoms with Gasteiger partial charge in [0.15, 0.2) is 0 Å². The van der Waals surface area contributed by atoms with E-state index in [1.54, 1.807) is 13.8 Å². The van der Waals surface area contributed by atoms with Crippen molar-refractivity contribution < 1.29 is 22.4 Å². The maximum Gasteiger partial charge on any atom is 0.267 e. The second-order valence-electron chi connectivity index (χ2n) is 5.88. The molecule has 1 aliphatic heterocycles. The van der Waals surface area contributed by atoms with E-state index in [4.69, 9.17) is 9.15 Å². The fourth-order valence-corrected chi connectivity index (χ4v) is 4.21. The molecule has 0 radical (unpaired) electrons. The Morgan fingerprint density at radius 1 is 1.29 bits per heavy atom. The lowest BCUT2D eigenvalue weighted by atomic mass is 9.90. The monoisotopic (exact) mass is 349 g/mol. The SMILES string of the molecule is Cc1cc(S(=O)(=O)NC(=O)C[C@H]2CCOc3ccccc32)c(C)o1. The van der Waals surface area contributed by atoms with Crippen molar-refractivity contribution in [2.45, 2.75) is 37.5 Å². The number of rotatable bonds is 4. The van der Waals surface area contributed by atoms with E-state index >= 15 is 0 Å². The molecule has 0 fully saturated rings. The predicted molar refractivity (Wildman–Crippen MR) is 87.4 cm³/mol. The Bertz CT molecular complexity index is 869. The minimum Gasteiger partial charge on any atom is -0.493 e. The fraction of sp³-hybridized carbons (Fsp3) is 0.353. The molecule has 0 bridgehead atoms. The standard InChI is InChI=1S/C17H19NO5S/c1-11-9-16(12(2)23-11)24(20,21)18-17(19)10-13-7-8-22-15-6-4-3-5-14(13)15/h3-6,9,13H,7-8,10H2,1-2H3,(H,18,19)/t13-/m1/s1. The number of fused-ring (bicyclic) bond motifs is 1. The molecule has 6 nitrogen and oxygen atoms in total. The summed E-state index contributed by atoms with van der Waals surface area (Å²) in [5.74, 6) is 0.917. The van der Waals surface area contributed by atoms with E-state index in [1.165, 1.54) is 6.07 Å². The Hall–Kier alpha value is -2.28. The second-order valence-corrected chi connectivity index (χ2v) is 7.53. The first-order valence-electron chi connectivity index (χ1n) is 7.71. The molecule has 24 heavy (non-hydrogen) atoms.